The van der Waals surface area contributed by atoms with Gasteiger partial charge in [-0.2, -0.15) is 0 Å². The van der Waals surface area contributed by atoms with Crippen LogP contribution in [0.5, 0.6) is 0 Å². The van der Waals surface area contributed by atoms with Crippen molar-refractivity contribution < 1.29 is 13.2 Å². The fourth-order valence-electron chi connectivity index (χ4n) is 0.985. The van der Waals surface area contributed by atoms with E-state index in [2.05, 4.69) is 0 Å². The van der Waals surface area contributed by atoms with Gasteiger partial charge < -0.3 is 10.6 Å². The molecule has 0 aliphatic rings. The molecule has 2 atom stereocenters. The minimum atomic E-state index is -3.02. The topological polar surface area (TPSA) is 80.5 Å². The lowest BCUT2D eigenvalue weighted by Crippen LogP contribution is -2.41. The van der Waals surface area contributed by atoms with Crippen molar-refractivity contribution in [2.75, 3.05) is 25.6 Å². The standard InChI is InChI=1S/C9H20N2O3S/c1-7(8(2)10)9(12)11(3)5-6-15(4,13)14/h7-8H,5-6,10H2,1-4H3. The molecule has 5 nitrogen and oxygen atoms in total. The lowest BCUT2D eigenvalue weighted by molar-refractivity contribution is -0.133. The van der Waals surface area contributed by atoms with Crippen LogP contribution in [0.1, 0.15) is 13.8 Å². The summed E-state index contributed by atoms with van der Waals surface area (Å²) in [5.41, 5.74) is 5.59. The molecule has 0 radical (unpaired) electrons. The van der Waals surface area contributed by atoms with Gasteiger partial charge in [-0.3, -0.25) is 4.79 Å². The number of nitrogens with two attached hydrogens (primary N) is 1. The molecule has 0 aliphatic carbocycles. The maximum Gasteiger partial charge on any atom is 0.226 e. The predicted molar refractivity (Wildman–Crippen MR) is 60.2 cm³/mol. The van der Waals surface area contributed by atoms with Gasteiger partial charge in [-0.05, 0) is 6.92 Å². The zero-order chi connectivity index (χ0) is 12.2. The van der Waals surface area contributed by atoms with Crippen LogP contribution in [0.2, 0.25) is 0 Å². The molecule has 0 aromatic rings. The van der Waals surface area contributed by atoms with Crippen LogP contribution in [0.25, 0.3) is 0 Å². The molecule has 2 unspecified atom stereocenters. The van der Waals surface area contributed by atoms with E-state index < -0.39 is 9.84 Å². The Kier molecular flexibility index (Phi) is 5.23. The molecule has 0 saturated heterocycles. The van der Waals surface area contributed by atoms with Crippen molar-refractivity contribution >= 4 is 15.7 Å². The normalized spacial score (nSPS) is 15.8. The number of hydrogen-bond donors (Lipinski definition) is 1. The van der Waals surface area contributed by atoms with Gasteiger partial charge in [0.05, 0.1) is 11.7 Å². The number of nitrogens with zero attached hydrogens (tertiary/aromatic N) is 1. The van der Waals surface area contributed by atoms with E-state index in [9.17, 15) is 13.2 Å². The monoisotopic (exact) mass is 236 g/mol. The second kappa shape index (κ2) is 5.46. The van der Waals surface area contributed by atoms with Crippen molar-refractivity contribution in [3.8, 4) is 0 Å². The average Bonchev–Trinajstić information content (AvgIpc) is 2.10. The highest BCUT2D eigenvalue weighted by molar-refractivity contribution is 7.90. The van der Waals surface area contributed by atoms with Gasteiger partial charge in [-0.15, -0.1) is 0 Å². The van der Waals surface area contributed by atoms with Crippen molar-refractivity contribution in [2.45, 2.75) is 19.9 Å². The quantitative estimate of drug-likeness (QED) is 0.696. The van der Waals surface area contributed by atoms with E-state index in [0.717, 1.165) is 6.26 Å². The van der Waals surface area contributed by atoms with Crippen LogP contribution in [0.15, 0.2) is 0 Å². The van der Waals surface area contributed by atoms with Crippen molar-refractivity contribution in [2.24, 2.45) is 11.7 Å². The third kappa shape index (κ3) is 5.74. The van der Waals surface area contributed by atoms with Crippen LogP contribution in [0.3, 0.4) is 0 Å². The minimum Gasteiger partial charge on any atom is -0.344 e. The van der Waals surface area contributed by atoms with E-state index >= 15 is 0 Å². The van der Waals surface area contributed by atoms with Gasteiger partial charge >= 0.3 is 0 Å². The van der Waals surface area contributed by atoms with E-state index in [4.69, 9.17) is 5.73 Å². The molecule has 0 fully saturated rings. The molecular weight excluding hydrogens is 216 g/mol. The zero-order valence-corrected chi connectivity index (χ0v) is 10.5. The van der Waals surface area contributed by atoms with Gasteiger partial charge in [0.2, 0.25) is 5.91 Å². The summed E-state index contributed by atoms with van der Waals surface area (Å²) in [6.45, 7) is 3.71. The molecule has 0 heterocycles. The number of hydrogen-bond acceptors (Lipinski definition) is 4. The van der Waals surface area contributed by atoms with E-state index in [0.29, 0.717) is 0 Å². The third-order valence-corrected chi connectivity index (χ3v) is 3.28. The first kappa shape index (κ1) is 14.4. The zero-order valence-electron chi connectivity index (χ0n) is 9.73. The number of amides is 1. The molecule has 0 spiro atoms. The highest BCUT2D eigenvalue weighted by Crippen LogP contribution is 2.04. The van der Waals surface area contributed by atoms with Crippen LogP contribution >= 0.6 is 0 Å². The largest absolute Gasteiger partial charge is 0.344 e. The Hall–Kier alpha value is -0.620. The molecule has 15 heavy (non-hydrogen) atoms. The van der Waals surface area contributed by atoms with Crippen LogP contribution in [0.4, 0.5) is 0 Å². The highest BCUT2D eigenvalue weighted by Gasteiger charge is 2.21. The van der Waals surface area contributed by atoms with E-state index in [-0.39, 0.29) is 30.2 Å². The summed E-state index contributed by atoms with van der Waals surface area (Å²) in [5, 5.41) is 0. The molecular formula is C9H20N2O3S. The van der Waals surface area contributed by atoms with Gasteiger partial charge in [0, 0.05) is 25.9 Å². The summed E-state index contributed by atoms with van der Waals surface area (Å²) in [7, 11) is -1.43. The first-order chi connectivity index (χ1) is 6.65. The summed E-state index contributed by atoms with van der Waals surface area (Å²) in [6.07, 6.45) is 1.15. The molecule has 0 aromatic carbocycles. The Labute approximate surface area is 91.5 Å². The summed E-state index contributed by atoms with van der Waals surface area (Å²) < 4.78 is 21.8. The van der Waals surface area contributed by atoms with Gasteiger partial charge in [-0.1, -0.05) is 6.92 Å². The Balaban J connectivity index is 4.23. The number of carbonyl (C=O) groups excluding carboxylic acids is 1. The molecule has 2 N–H and O–H groups in total. The lowest BCUT2D eigenvalue weighted by Gasteiger charge is -2.23. The van der Waals surface area contributed by atoms with Gasteiger partial charge in [0.1, 0.15) is 9.84 Å². The molecule has 1 amide bonds. The summed E-state index contributed by atoms with van der Waals surface area (Å²) >= 11 is 0. The Morgan fingerprint density at radius 2 is 1.87 bits per heavy atom. The minimum absolute atomic E-state index is 0.0130. The number of carbonyl (C=O) groups is 1. The SMILES string of the molecule is CC(N)C(C)C(=O)N(C)CCS(C)(=O)=O. The predicted octanol–water partition coefficient (Wildman–Crippen LogP) is -0.527. The number of sulfone groups is 1. The smallest absolute Gasteiger partial charge is 0.226 e. The Bertz CT molecular complexity index is 311. The van der Waals surface area contributed by atoms with Crippen molar-refractivity contribution in [3.63, 3.8) is 0 Å². The second-order valence-corrected chi connectivity index (χ2v) is 6.30. The summed E-state index contributed by atoms with van der Waals surface area (Å²) in [5.74, 6) is -0.413. The van der Waals surface area contributed by atoms with Gasteiger partial charge in [-0.25, -0.2) is 8.42 Å². The van der Waals surface area contributed by atoms with Crippen LogP contribution in [0, 0.1) is 5.92 Å². The van der Waals surface area contributed by atoms with Crippen LogP contribution < -0.4 is 5.73 Å². The molecule has 0 saturated carbocycles. The molecule has 0 aliphatic heterocycles. The fourth-order valence-corrected chi connectivity index (χ4v) is 1.59. The van der Waals surface area contributed by atoms with E-state index in [1.807, 2.05) is 0 Å². The highest BCUT2D eigenvalue weighted by atomic mass is 32.2. The van der Waals surface area contributed by atoms with Gasteiger partial charge in [0.25, 0.3) is 0 Å². The lowest BCUT2D eigenvalue weighted by atomic mass is 10.0. The summed E-state index contributed by atoms with van der Waals surface area (Å²) in [4.78, 5) is 13.1. The van der Waals surface area contributed by atoms with Crippen molar-refractivity contribution in [1.29, 1.82) is 0 Å². The van der Waals surface area contributed by atoms with Gasteiger partial charge in [0.15, 0.2) is 0 Å². The molecule has 6 heteroatoms. The molecule has 90 valence electrons. The maximum atomic E-state index is 11.7. The summed E-state index contributed by atoms with van der Waals surface area (Å²) in [6, 6.07) is -0.224. The fraction of sp³-hybridized carbons (Fsp3) is 0.889. The first-order valence-electron chi connectivity index (χ1n) is 4.83. The number of rotatable bonds is 5. The Morgan fingerprint density at radius 3 is 2.20 bits per heavy atom. The van der Waals surface area contributed by atoms with Crippen molar-refractivity contribution in [1.82, 2.24) is 4.90 Å². The Morgan fingerprint density at radius 1 is 1.40 bits per heavy atom. The molecule has 0 rings (SSSR count). The van der Waals surface area contributed by atoms with Crippen molar-refractivity contribution in [3.05, 3.63) is 0 Å². The average molecular weight is 236 g/mol. The van der Waals surface area contributed by atoms with Crippen LogP contribution in [-0.2, 0) is 14.6 Å². The first-order valence-corrected chi connectivity index (χ1v) is 6.89. The second-order valence-electron chi connectivity index (χ2n) is 4.04. The molecule has 0 bridgehead atoms. The van der Waals surface area contributed by atoms with E-state index in [1.54, 1.807) is 20.9 Å². The van der Waals surface area contributed by atoms with E-state index in [1.165, 1.54) is 4.90 Å². The molecule has 0 aromatic heterocycles. The van der Waals surface area contributed by atoms with Crippen LogP contribution in [-0.4, -0.2) is 50.9 Å². The maximum absolute atomic E-state index is 11.7. The third-order valence-electron chi connectivity index (χ3n) is 2.35.